The van der Waals surface area contributed by atoms with Gasteiger partial charge < -0.3 is 14.2 Å². The van der Waals surface area contributed by atoms with Gasteiger partial charge in [-0.1, -0.05) is 75.9 Å². The van der Waals surface area contributed by atoms with E-state index in [1.807, 2.05) is 12.1 Å². The predicted molar refractivity (Wildman–Crippen MR) is 171 cm³/mol. The summed E-state index contributed by atoms with van der Waals surface area (Å²) in [5.41, 5.74) is 2.61. The molecule has 0 unspecified atom stereocenters. The van der Waals surface area contributed by atoms with Crippen LogP contribution in [0.5, 0.6) is 11.5 Å². The topological polar surface area (TPSA) is 79.1 Å². The molecule has 0 spiro atoms. The van der Waals surface area contributed by atoms with Gasteiger partial charge in [-0.2, -0.15) is 0 Å². The smallest absolute Gasteiger partial charge is 0.338 e. The molecule has 1 aliphatic rings. The van der Waals surface area contributed by atoms with E-state index in [2.05, 4.69) is 4.99 Å². The summed E-state index contributed by atoms with van der Waals surface area (Å²) in [5, 5.41) is 1.49. The Bertz CT molecular complexity index is 1910. The van der Waals surface area contributed by atoms with Gasteiger partial charge in [0.05, 0.1) is 45.6 Å². The third-order valence-electron chi connectivity index (χ3n) is 6.64. The normalized spacial score (nSPS) is 14.8. The zero-order chi connectivity index (χ0) is 30.8. The number of hydrogen-bond acceptors (Lipinski definition) is 7. The largest absolute Gasteiger partial charge is 0.496 e. The first-order valence-corrected chi connectivity index (χ1v) is 15.3. The summed E-state index contributed by atoms with van der Waals surface area (Å²) in [6.07, 6.45) is 1.76. The standard InChI is InChI=1S/C31H24Cl4N2O5S/c1-4-41-30(39)26-16(2)36-31-37(27(26)18-6-8-20(32)9-7-18)29(38)25(43-31)12-17-5-10-24(40-3)19(11-17)15-42-28-22(34)13-21(33)14-23(28)35/h5-14,27H,4,15H2,1-3H3/b25-12+/t27-/m1/s1. The average molecular weight is 678 g/mol. The van der Waals surface area contributed by atoms with Gasteiger partial charge in [0.25, 0.3) is 5.56 Å². The lowest BCUT2D eigenvalue weighted by molar-refractivity contribution is -0.139. The lowest BCUT2D eigenvalue weighted by Crippen LogP contribution is -2.39. The van der Waals surface area contributed by atoms with Gasteiger partial charge in [-0.05, 0) is 67.4 Å². The van der Waals surface area contributed by atoms with Crippen LogP contribution < -0.4 is 24.4 Å². The van der Waals surface area contributed by atoms with Gasteiger partial charge in [-0.3, -0.25) is 9.36 Å². The van der Waals surface area contributed by atoms with E-state index in [0.717, 1.165) is 5.56 Å². The van der Waals surface area contributed by atoms with Crippen LogP contribution in [0.3, 0.4) is 0 Å². The number of esters is 1. The Hall–Kier alpha value is -3.27. The molecular formula is C31H24Cl4N2O5S. The number of ether oxygens (including phenoxy) is 3. The van der Waals surface area contributed by atoms with Crippen LogP contribution in [0.4, 0.5) is 0 Å². The number of aromatic nitrogens is 1. The fourth-order valence-corrected chi connectivity index (χ4v) is 6.82. The van der Waals surface area contributed by atoms with Crippen LogP contribution in [0.15, 0.2) is 75.7 Å². The molecule has 1 aromatic heterocycles. The number of halogens is 4. The monoisotopic (exact) mass is 676 g/mol. The number of methoxy groups -OCH3 is 1. The molecule has 0 saturated carbocycles. The molecule has 12 heteroatoms. The molecule has 2 heterocycles. The van der Waals surface area contributed by atoms with Crippen molar-refractivity contribution >= 4 is 69.8 Å². The van der Waals surface area contributed by atoms with E-state index in [0.29, 0.717) is 53.3 Å². The Morgan fingerprint density at radius 2 is 1.72 bits per heavy atom. The van der Waals surface area contributed by atoms with Crippen molar-refractivity contribution < 1.29 is 19.0 Å². The van der Waals surface area contributed by atoms with E-state index in [4.69, 9.17) is 60.6 Å². The number of fused-ring (bicyclic) bond motifs is 1. The summed E-state index contributed by atoms with van der Waals surface area (Å²) in [5.74, 6) is 0.347. The molecule has 3 aromatic carbocycles. The highest BCUT2D eigenvalue weighted by molar-refractivity contribution is 7.07. The molecule has 222 valence electrons. The third kappa shape index (κ3) is 6.49. The van der Waals surface area contributed by atoms with E-state index in [1.165, 1.54) is 15.9 Å². The van der Waals surface area contributed by atoms with Gasteiger partial charge in [0, 0.05) is 15.6 Å². The third-order valence-corrected chi connectivity index (χ3v) is 8.65. The van der Waals surface area contributed by atoms with Crippen molar-refractivity contribution in [2.24, 2.45) is 4.99 Å². The summed E-state index contributed by atoms with van der Waals surface area (Å²) < 4.78 is 18.8. The molecule has 0 amide bonds. The Morgan fingerprint density at radius 3 is 2.37 bits per heavy atom. The van der Waals surface area contributed by atoms with E-state index >= 15 is 0 Å². The summed E-state index contributed by atoms with van der Waals surface area (Å²) in [6, 6.07) is 14.8. The maximum atomic E-state index is 13.9. The zero-order valence-electron chi connectivity index (χ0n) is 23.1. The van der Waals surface area contributed by atoms with Crippen molar-refractivity contribution in [3.05, 3.63) is 122 Å². The fourth-order valence-electron chi connectivity index (χ4n) is 4.72. The molecule has 7 nitrogen and oxygen atoms in total. The molecule has 1 atom stereocenters. The Labute approximate surface area is 271 Å². The van der Waals surface area contributed by atoms with Crippen LogP contribution in [0.25, 0.3) is 6.08 Å². The van der Waals surface area contributed by atoms with Gasteiger partial charge >= 0.3 is 5.97 Å². The minimum absolute atomic E-state index is 0.0891. The second-order valence-electron chi connectivity index (χ2n) is 9.41. The van der Waals surface area contributed by atoms with Crippen LogP contribution in [0, 0.1) is 0 Å². The zero-order valence-corrected chi connectivity index (χ0v) is 27.0. The molecule has 0 aliphatic carbocycles. The van der Waals surface area contributed by atoms with Crippen molar-refractivity contribution in [2.75, 3.05) is 13.7 Å². The summed E-state index contributed by atoms with van der Waals surface area (Å²) in [4.78, 5) is 32.1. The molecule has 0 bridgehead atoms. The Kier molecular flexibility index (Phi) is 9.54. The molecule has 4 aromatic rings. The highest BCUT2D eigenvalue weighted by atomic mass is 35.5. The lowest BCUT2D eigenvalue weighted by Gasteiger charge is -2.24. The van der Waals surface area contributed by atoms with Crippen molar-refractivity contribution in [3.63, 3.8) is 0 Å². The average Bonchev–Trinajstić information content (AvgIpc) is 3.26. The fraction of sp³-hybridized carbons (Fsp3) is 0.194. The molecule has 0 fully saturated rings. The van der Waals surface area contributed by atoms with E-state index in [-0.39, 0.29) is 28.8 Å². The van der Waals surface area contributed by atoms with Gasteiger partial charge in [-0.15, -0.1) is 0 Å². The second kappa shape index (κ2) is 13.2. The van der Waals surface area contributed by atoms with Gasteiger partial charge in [0.15, 0.2) is 10.6 Å². The first-order valence-electron chi connectivity index (χ1n) is 13.0. The van der Waals surface area contributed by atoms with Gasteiger partial charge in [0.2, 0.25) is 0 Å². The summed E-state index contributed by atoms with van der Waals surface area (Å²) >= 11 is 26.0. The quantitative estimate of drug-likeness (QED) is 0.188. The molecule has 1 aliphatic heterocycles. The molecule has 43 heavy (non-hydrogen) atoms. The van der Waals surface area contributed by atoms with E-state index in [1.54, 1.807) is 69.5 Å². The van der Waals surface area contributed by atoms with Crippen LogP contribution >= 0.6 is 57.7 Å². The number of rotatable bonds is 8. The molecule has 5 rings (SSSR count). The summed E-state index contributed by atoms with van der Waals surface area (Å²) in [6.45, 7) is 3.74. The second-order valence-corrected chi connectivity index (χ2v) is 12.1. The SMILES string of the molecule is CCOC(=O)C1=C(C)N=c2s/c(=C/c3ccc(OC)c(COc4c(Cl)cc(Cl)cc4Cl)c3)c(=O)n2[C@@H]1c1ccc(Cl)cc1. The highest BCUT2D eigenvalue weighted by Gasteiger charge is 2.33. The van der Waals surface area contributed by atoms with Gasteiger partial charge in [0.1, 0.15) is 12.4 Å². The number of carbonyl (C=O) groups is 1. The van der Waals surface area contributed by atoms with Crippen LogP contribution in [-0.2, 0) is 16.1 Å². The molecule has 0 saturated heterocycles. The van der Waals surface area contributed by atoms with Crippen LogP contribution in [0.1, 0.15) is 36.6 Å². The maximum absolute atomic E-state index is 13.9. The number of nitrogens with zero attached hydrogens (tertiary/aromatic N) is 2. The van der Waals surface area contributed by atoms with Crippen molar-refractivity contribution in [1.29, 1.82) is 0 Å². The van der Waals surface area contributed by atoms with Crippen LogP contribution in [-0.4, -0.2) is 24.3 Å². The Morgan fingerprint density at radius 1 is 1.02 bits per heavy atom. The van der Waals surface area contributed by atoms with Crippen molar-refractivity contribution in [2.45, 2.75) is 26.5 Å². The number of carbonyl (C=O) groups excluding carboxylic acids is 1. The van der Waals surface area contributed by atoms with Crippen molar-refractivity contribution in [3.8, 4) is 11.5 Å². The molecule has 0 N–H and O–H groups in total. The first-order chi connectivity index (χ1) is 20.6. The number of thiazole rings is 1. The highest BCUT2D eigenvalue weighted by Crippen LogP contribution is 2.37. The van der Waals surface area contributed by atoms with Crippen LogP contribution in [0.2, 0.25) is 20.1 Å². The van der Waals surface area contributed by atoms with E-state index in [9.17, 15) is 9.59 Å². The number of allylic oxidation sites excluding steroid dienone is 1. The molecule has 0 radical (unpaired) electrons. The Balaban J connectivity index is 1.57. The minimum atomic E-state index is -0.733. The lowest BCUT2D eigenvalue weighted by atomic mass is 9.96. The summed E-state index contributed by atoms with van der Waals surface area (Å²) in [7, 11) is 1.55. The first kappa shape index (κ1) is 31.2. The predicted octanol–water partition coefficient (Wildman–Crippen LogP) is 7.00. The van der Waals surface area contributed by atoms with E-state index < -0.39 is 12.0 Å². The molecular weight excluding hydrogens is 654 g/mol. The van der Waals surface area contributed by atoms with Crippen molar-refractivity contribution in [1.82, 2.24) is 4.57 Å². The minimum Gasteiger partial charge on any atom is -0.496 e. The maximum Gasteiger partial charge on any atom is 0.338 e. The van der Waals surface area contributed by atoms with Gasteiger partial charge in [-0.25, -0.2) is 9.79 Å². The number of hydrogen-bond donors (Lipinski definition) is 0. The number of benzene rings is 3.